The monoisotopic (exact) mass is 266 g/mol. The van der Waals surface area contributed by atoms with Gasteiger partial charge in [-0.05, 0) is 26.0 Å². The van der Waals surface area contributed by atoms with Crippen molar-refractivity contribution in [3.05, 3.63) is 30.3 Å². The topological polar surface area (TPSA) is 73.6 Å². The summed E-state index contributed by atoms with van der Waals surface area (Å²) in [5, 5.41) is 2.76. The molecular formula is C14H22N2O3. The Balaban J connectivity index is 2.44. The lowest BCUT2D eigenvalue weighted by Gasteiger charge is -2.27. The molecule has 1 atom stereocenters. The van der Waals surface area contributed by atoms with Gasteiger partial charge >= 0.3 is 0 Å². The van der Waals surface area contributed by atoms with E-state index >= 15 is 0 Å². The van der Waals surface area contributed by atoms with Crippen molar-refractivity contribution in [2.75, 3.05) is 20.3 Å². The van der Waals surface area contributed by atoms with Gasteiger partial charge < -0.3 is 20.5 Å². The second-order valence-corrected chi connectivity index (χ2v) is 4.95. The largest absolute Gasteiger partial charge is 0.486 e. The third kappa shape index (κ3) is 5.72. The van der Waals surface area contributed by atoms with Gasteiger partial charge in [0.05, 0.1) is 13.2 Å². The van der Waals surface area contributed by atoms with Crippen molar-refractivity contribution >= 4 is 5.91 Å². The van der Waals surface area contributed by atoms with Gasteiger partial charge in [0.15, 0.2) is 0 Å². The van der Waals surface area contributed by atoms with Crippen LogP contribution in [0.15, 0.2) is 30.3 Å². The molecule has 0 aliphatic heterocycles. The molecule has 1 unspecified atom stereocenters. The average Bonchev–Trinajstić information content (AvgIpc) is 2.37. The van der Waals surface area contributed by atoms with Crippen molar-refractivity contribution in [3.63, 3.8) is 0 Å². The van der Waals surface area contributed by atoms with E-state index in [-0.39, 0.29) is 12.5 Å². The van der Waals surface area contributed by atoms with E-state index in [0.717, 1.165) is 5.75 Å². The van der Waals surface area contributed by atoms with Crippen molar-refractivity contribution in [2.24, 2.45) is 5.73 Å². The Morgan fingerprint density at radius 2 is 2.00 bits per heavy atom. The fourth-order valence-electron chi connectivity index (χ4n) is 1.53. The third-order valence-electron chi connectivity index (χ3n) is 2.51. The first kappa shape index (κ1) is 15.5. The second kappa shape index (κ2) is 7.11. The number of carbonyl (C=O) groups excluding carboxylic acids is 1. The molecule has 0 saturated carbocycles. The lowest BCUT2D eigenvalue weighted by Crippen LogP contribution is -2.49. The smallest absolute Gasteiger partial charge is 0.239 e. The van der Waals surface area contributed by atoms with Gasteiger partial charge in [0.2, 0.25) is 5.91 Å². The molecule has 0 aliphatic rings. The first-order valence-corrected chi connectivity index (χ1v) is 6.21. The van der Waals surface area contributed by atoms with Crippen LogP contribution in [0.25, 0.3) is 0 Å². The fourth-order valence-corrected chi connectivity index (χ4v) is 1.53. The summed E-state index contributed by atoms with van der Waals surface area (Å²) in [7, 11) is 1.51. The van der Waals surface area contributed by atoms with Crippen LogP contribution >= 0.6 is 0 Å². The third-order valence-corrected chi connectivity index (χ3v) is 2.51. The first-order chi connectivity index (χ1) is 8.94. The van der Waals surface area contributed by atoms with Crippen molar-refractivity contribution in [1.29, 1.82) is 0 Å². The fraction of sp³-hybridized carbons (Fsp3) is 0.500. The van der Waals surface area contributed by atoms with Crippen LogP contribution < -0.4 is 15.8 Å². The summed E-state index contributed by atoms with van der Waals surface area (Å²) in [6, 6.07) is 8.82. The van der Waals surface area contributed by atoms with Gasteiger partial charge in [0.1, 0.15) is 17.4 Å². The molecule has 19 heavy (non-hydrogen) atoms. The van der Waals surface area contributed by atoms with Crippen LogP contribution in [0.5, 0.6) is 5.75 Å². The molecule has 0 heterocycles. The zero-order valence-corrected chi connectivity index (χ0v) is 11.7. The number of hydrogen-bond donors (Lipinski definition) is 2. The minimum Gasteiger partial charge on any atom is -0.486 e. The minimum atomic E-state index is -0.655. The van der Waals surface area contributed by atoms with E-state index in [1.165, 1.54) is 7.11 Å². The van der Waals surface area contributed by atoms with Gasteiger partial charge in [0, 0.05) is 7.11 Å². The molecule has 0 radical (unpaired) electrons. The number of amides is 1. The Morgan fingerprint density at radius 3 is 2.58 bits per heavy atom. The summed E-state index contributed by atoms with van der Waals surface area (Å²) >= 11 is 0. The molecule has 5 nitrogen and oxygen atoms in total. The van der Waals surface area contributed by atoms with E-state index in [0.29, 0.717) is 6.54 Å². The molecule has 0 bridgehead atoms. The highest BCUT2D eigenvalue weighted by molar-refractivity contribution is 5.81. The molecular weight excluding hydrogens is 244 g/mol. The Hall–Kier alpha value is -1.59. The Kier molecular flexibility index (Phi) is 5.79. The van der Waals surface area contributed by atoms with Gasteiger partial charge in [-0.25, -0.2) is 0 Å². The molecule has 1 aromatic rings. The molecule has 0 aromatic heterocycles. The number of para-hydroxylation sites is 1. The molecule has 0 fully saturated rings. The van der Waals surface area contributed by atoms with E-state index in [1.807, 2.05) is 44.2 Å². The highest BCUT2D eigenvalue weighted by Crippen LogP contribution is 2.16. The maximum absolute atomic E-state index is 11.7. The Labute approximate surface area is 114 Å². The van der Waals surface area contributed by atoms with Crippen molar-refractivity contribution in [1.82, 2.24) is 5.32 Å². The summed E-state index contributed by atoms with van der Waals surface area (Å²) in [5.74, 6) is 0.523. The lowest BCUT2D eigenvalue weighted by molar-refractivity contribution is -0.124. The zero-order valence-electron chi connectivity index (χ0n) is 11.7. The molecule has 0 spiro atoms. The molecule has 0 aliphatic carbocycles. The summed E-state index contributed by atoms with van der Waals surface area (Å²) in [6.07, 6.45) is 0. The number of carbonyl (C=O) groups is 1. The summed E-state index contributed by atoms with van der Waals surface area (Å²) in [5.41, 5.74) is 5.12. The van der Waals surface area contributed by atoms with E-state index in [9.17, 15) is 4.79 Å². The van der Waals surface area contributed by atoms with Crippen molar-refractivity contribution in [2.45, 2.75) is 25.5 Å². The van der Waals surface area contributed by atoms with Gasteiger partial charge in [0.25, 0.3) is 0 Å². The standard InChI is InChI=1S/C14H22N2O3/c1-14(2,19-11-7-5-4-6-8-11)10-16-13(17)12(15)9-18-3/h4-8,12H,9-10,15H2,1-3H3,(H,16,17). The molecule has 1 rings (SSSR count). The van der Waals surface area contributed by atoms with Crippen LogP contribution in [-0.2, 0) is 9.53 Å². The molecule has 5 heteroatoms. The van der Waals surface area contributed by atoms with E-state index in [2.05, 4.69) is 5.32 Å². The van der Waals surface area contributed by atoms with Crippen LogP contribution in [-0.4, -0.2) is 37.8 Å². The number of benzene rings is 1. The normalized spacial score (nSPS) is 12.8. The number of nitrogens with two attached hydrogens (primary N) is 1. The number of nitrogens with one attached hydrogen (secondary N) is 1. The van der Waals surface area contributed by atoms with Gasteiger partial charge in [-0.1, -0.05) is 18.2 Å². The van der Waals surface area contributed by atoms with Gasteiger partial charge in [-0.15, -0.1) is 0 Å². The molecule has 0 saturated heterocycles. The first-order valence-electron chi connectivity index (χ1n) is 6.21. The van der Waals surface area contributed by atoms with E-state index in [4.69, 9.17) is 15.2 Å². The Morgan fingerprint density at radius 1 is 1.37 bits per heavy atom. The molecule has 1 amide bonds. The summed E-state index contributed by atoms with van der Waals surface area (Å²) in [6.45, 7) is 4.38. The average molecular weight is 266 g/mol. The predicted octanol–water partition coefficient (Wildman–Crippen LogP) is 0.934. The molecule has 1 aromatic carbocycles. The Bertz CT molecular complexity index is 393. The molecule has 106 valence electrons. The summed E-state index contributed by atoms with van der Waals surface area (Å²) in [4.78, 5) is 11.7. The lowest BCUT2D eigenvalue weighted by atomic mass is 10.1. The van der Waals surface area contributed by atoms with Gasteiger partial charge in [-0.2, -0.15) is 0 Å². The van der Waals surface area contributed by atoms with Crippen molar-refractivity contribution < 1.29 is 14.3 Å². The molecule has 3 N–H and O–H groups in total. The predicted molar refractivity (Wildman–Crippen MR) is 74.0 cm³/mol. The SMILES string of the molecule is COCC(N)C(=O)NCC(C)(C)Oc1ccccc1. The highest BCUT2D eigenvalue weighted by atomic mass is 16.5. The number of rotatable bonds is 7. The van der Waals surface area contributed by atoms with Crippen LogP contribution in [0.3, 0.4) is 0 Å². The zero-order chi connectivity index (χ0) is 14.3. The van der Waals surface area contributed by atoms with Crippen LogP contribution in [0.4, 0.5) is 0 Å². The van der Waals surface area contributed by atoms with Crippen LogP contribution in [0.2, 0.25) is 0 Å². The number of methoxy groups -OCH3 is 1. The maximum Gasteiger partial charge on any atom is 0.239 e. The van der Waals surface area contributed by atoms with Gasteiger partial charge in [-0.3, -0.25) is 4.79 Å². The van der Waals surface area contributed by atoms with E-state index in [1.54, 1.807) is 0 Å². The maximum atomic E-state index is 11.7. The highest BCUT2D eigenvalue weighted by Gasteiger charge is 2.22. The minimum absolute atomic E-state index is 0.200. The number of ether oxygens (including phenoxy) is 2. The van der Waals surface area contributed by atoms with Crippen LogP contribution in [0.1, 0.15) is 13.8 Å². The van der Waals surface area contributed by atoms with E-state index < -0.39 is 11.6 Å². The van der Waals surface area contributed by atoms with Crippen molar-refractivity contribution in [3.8, 4) is 5.75 Å². The second-order valence-electron chi connectivity index (χ2n) is 4.95. The number of hydrogen-bond acceptors (Lipinski definition) is 4. The van der Waals surface area contributed by atoms with Crippen LogP contribution in [0, 0.1) is 0 Å². The summed E-state index contributed by atoms with van der Waals surface area (Å²) < 4.78 is 10.6. The quantitative estimate of drug-likeness (QED) is 0.770.